The van der Waals surface area contributed by atoms with Crippen molar-refractivity contribution in [2.24, 2.45) is 0 Å². The zero-order valence-corrected chi connectivity index (χ0v) is 13.5. The molecule has 3 heterocycles. The van der Waals surface area contributed by atoms with Crippen molar-refractivity contribution in [2.45, 2.75) is 6.92 Å². The first-order chi connectivity index (χ1) is 10.3. The molecule has 112 valence electrons. The van der Waals surface area contributed by atoms with E-state index in [0.717, 1.165) is 37.9 Å². The maximum Gasteiger partial charge on any atom is 0.273 e. The number of nitrogens with one attached hydrogen (secondary N) is 1. The van der Waals surface area contributed by atoms with E-state index in [1.165, 1.54) is 16.3 Å². The quantitative estimate of drug-likeness (QED) is 0.940. The molecule has 2 aromatic heterocycles. The number of aromatic nitrogens is 1. The Morgan fingerprint density at radius 3 is 2.81 bits per heavy atom. The Balaban J connectivity index is 1.59. The van der Waals surface area contributed by atoms with Crippen LogP contribution in [0.4, 0.5) is 10.1 Å². The number of carbonyl (C=O) groups excluding carboxylic acids is 1. The minimum Gasteiger partial charge on any atom is -0.362 e. The van der Waals surface area contributed by atoms with Gasteiger partial charge in [-0.1, -0.05) is 0 Å². The molecule has 0 spiro atoms. The molecule has 1 aliphatic heterocycles. The maximum atomic E-state index is 12.4. The summed E-state index contributed by atoms with van der Waals surface area (Å²) >= 11 is 3.23. The molecule has 1 fully saturated rings. The van der Waals surface area contributed by atoms with Crippen LogP contribution in [0.3, 0.4) is 0 Å². The summed E-state index contributed by atoms with van der Waals surface area (Å²) in [7, 11) is 0. The molecule has 2 aromatic rings. The van der Waals surface area contributed by atoms with Gasteiger partial charge in [0.1, 0.15) is 5.69 Å². The first-order valence-corrected chi connectivity index (χ1v) is 8.81. The normalized spacial score (nSPS) is 15.3. The number of nitrogens with zero attached hydrogens (tertiary/aromatic N) is 3. The summed E-state index contributed by atoms with van der Waals surface area (Å²) in [6, 6.07) is 4.19. The second kappa shape index (κ2) is 6.44. The van der Waals surface area contributed by atoms with Crippen molar-refractivity contribution in [1.82, 2.24) is 9.88 Å². The van der Waals surface area contributed by atoms with E-state index in [-0.39, 0.29) is 5.91 Å². The molecule has 1 aliphatic rings. The summed E-state index contributed by atoms with van der Waals surface area (Å²) in [6.07, 6.45) is 0. The molecule has 7 heteroatoms. The molecule has 0 aliphatic carbocycles. The third-order valence-corrected chi connectivity index (χ3v) is 5.17. The third kappa shape index (κ3) is 3.19. The van der Waals surface area contributed by atoms with Crippen LogP contribution in [0.2, 0.25) is 0 Å². The second-order valence-electron chi connectivity index (χ2n) is 4.80. The van der Waals surface area contributed by atoms with Gasteiger partial charge in [0.15, 0.2) is 5.13 Å². The minimum atomic E-state index is 0.0428. The Labute approximate surface area is 132 Å². The van der Waals surface area contributed by atoms with Crippen LogP contribution < -0.4 is 10.2 Å². The molecule has 5 nitrogen and oxygen atoms in total. The van der Waals surface area contributed by atoms with Crippen LogP contribution in [0.1, 0.15) is 17.4 Å². The van der Waals surface area contributed by atoms with Gasteiger partial charge >= 0.3 is 0 Å². The first kappa shape index (κ1) is 14.3. The largest absolute Gasteiger partial charge is 0.362 e. The number of anilines is 2. The van der Waals surface area contributed by atoms with Gasteiger partial charge in [-0.15, -0.1) is 22.7 Å². The fourth-order valence-electron chi connectivity index (χ4n) is 2.35. The summed E-state index contributed by atoms with van der Waals surface area (Å²) in [5, 5.41) is 9.17. The Morgan fingerprint density at radius 1 is 1.33 bits per heavy atom. The van der Waals surface area contributed by atoms with E-state index in [1.807, 2.05) is 17.2 Å². The lowest BCUT2D eigenvalue weighted by Gasteiger charge is -2.34. The van der Waals surface area contributed by atoms with Gasteiger partial charge in [0, 0.05) is 38.1 Å². The maximum absolute atomic E-state index is 12.4. The monoisotopic (exact) mass is 322 g/mol. The van der Waals surface area contributed by atoms with E-state index in [1.54, 1.807) is 11.3 Å². The molecule has 0 unspecified atom stereocenters. The van der Waals surface area contributed by atoms with E-state index in [9.17, 15) is 4.79 Å². The number of thiazole rings is 1. The highest BCUT2D eigenvalue weighted by Gasteiger charge is 2.24. The topological polar surface area (TPSA) is 48.5 Å². The van der Waals surface area contributed by atoms with Crippen molar-refractivity contribution < 1.29 is 4.79 Å². The van der Waals surface area contributed by atoms with E-state index in [2.05, 4.69) is 32.7 Å². The van der Waals surface area contributed by atoms with Crippen molar-refractivity contribution in [3.63, 3.8) is 0 Å². The van der Waals surface area contributed by atoms with Crippen molar-refractivity contribution in [2.75, 3.05) is 42.9 Å². The Hall–Kier alpha value is -1.60. The van der Waals surface area contributed by atoms with E-state index in [4.69, 9.17) is 0 Å². The van der Waals surface area contributed by atoms with Gasteiger partial charge in [-0.3, -0.25) is 4.79 Å². The molecule has 0 saturated carbocycles. The number of hydrogen-bond donors (Lipinski definition) is 1. The predicted molar refractivity (Wildman–Crippen MR) is 88.7 cm³/mol. The number of piperazine rings is 1. The van der Waals surface area contributed by atoms with Gasteiger partial charge in [0.25, 0.3) is 5.91 Å². The van der Waals surface area contributed by atoms with Crippen LogP contribution in [0.25, 0.3) is 0 Å². The highest BCUT2D eigenvalue weighted by Crippen LogP contribution is 2.23. The highest BCUT2D eigenvalue weighted by molar-refractivity contribution is 7.14. The molecule has 1 amide bonds. The van der Waals surface area contributed by atoms with Gasteiger partial charge in [-0.05, 0) is 24.4 Å². The number of rotatable bonds is 4. The first-order valence-electron chi connectivity index (χ1n) is 7.05. The lowest BCUT2D eigenvalue weighted by Crippen LogP contribution is -2.48. The Morgan fingerprint density at radius 2 is 2.14 bits per heavy atom. The number of hydrogen-bond acceptors (Lipinski definition) is 6. The molecule has 1 N–H and O–H groups in total. The molecule has 0 aromatic carbocycles. The predicted octanol–water partition coefficient (Wildman–Crippen LogP) is 2.60. The minimum absolute atomic E-state index is 0.0428. The fourth-order valence-corrected chi connectivity index (χ4v) is 3.89. The van der Waals surface area contributed by atoms with Crippen LogP contribution in [-0.2, 0) is 0 Å². The SMILES string of the molecule is CCNc1nc(C(=O)N2CCN(c3cccs3)CC2)cs1. The number of thiophene rings is 1. The smallest absolute Gasteiger partial charge is 0.273 e. The lowest BCUT2D eigenvalue weighted by molar-refractivity contribution is 0.0742. The summed E-state index contributed by atoms with van der Waals surface area (Å²) in [4.78, 5) is 21.0. The zero-order chi connectivity index (χ0) is 14.7. The highest BCUT2D eigenvalue weighted by atomic mass is 32.1. The molecule has 1 saturated heterocycles. The second-order valence-corrected chi connectivity index (χ2v) is 6.58. The fraction of sp³-hybridized carbons (Fsp3) is 0.429. The van der Waals surface area contributed by atoms with Crippen molar-refractivity contribution in [3.05, 3.63) is 28.6 Å². The van der Waals surface area contributed by atoms with Crippen LogP contribution in [0.15, 0.2) is 22.9 Å². The van der Waals surface area contributed by atoms with Crippen LogP contribution in [0, 0.1) is 0 Å². The molecule has 3 rings (SSSR count). The Kier molecular flexibility index (Phi) is 4.40. The van der Waals surface area contributed by atoms with Crippen LogP contribution in [0.5, 0.6) is 0 Å². The summed E-state index contributed by atoms with van der Waals surface area (Å²) in [5.74, 6) is 0.0428. The molecule has 21 heavy (non-hydrogen) atoms. The third-order valence-electron chi connectivity index (χ3n) is 3.44. The van der Waals surface area contributed by atoms with Crippen molar-refractivity contribution in [3.8, 4) is 0 Å². The summed E-state index contributed by atoms with van der Waals surface area (Å²) in [6.45, 7) is 6.12. The van der Waals surface area contributed by atoms with Gasteiger partial charge < -0.3 is 15.1 Å². The van der Waals surface area contributed by atoms with E-state index in [0.29, 0.717) is 5.69 Å². The zero-order valence-electron chi connectivity index (χ0n) is 11.9. The average Bonchev–Trinajstić information content (AvgIpc) is 3.19. The molecular formula is C14H18N4OS2. The van der Waals surface area contributed by atoms with Crippen LogP contribution >= 0.6 is 22.7 Å². The van der Waals surface area contributed by atoms with Crippen molar-refractivity contribution >= 4 is 38.7 Å². The molecule has 0 atom stereocenters. The van der Waals surface area contributed by atoms with Crippen LogP contribution in [-0.4, -0.2) is 48.5 Å². The summed E-state index contributed by atoms with van der Waals surface area (Å²) in [5.41, 5.74) is 0.556. The van der Waals surface area contributed by atoms with E-state index < -0.39 is 0 Å². The summed E-state index contributed by atoms with van der Waals surface area (Å²) < 4.78 is 0. The number of amides is 1. The molecule has 0 bridgehead atoms. The van der Waals surface area contributed by atoms with E-state index >= 15 is 0 Å². The lowest BCUT2D eigenvalue weighted by atomic mass is 10.3. The van der Waals surface area contributed by atoms with Gasteiger partial charge in [-0.2, -0.15) is 0 Å². The Bertz CT molecular complexity index is 588. The standard InChI is InChI=1S/C14H18N4OS2/c1-2-15-14-16-11(10-21-14)13(19)18-7-5-17(6-8-18)12-4-3-9-20-12/h3-4,9-10H,2,5-8H2,1H3,(H,15,16). The molecular weight excluding hydrogens is 304 g/mol. The van der Waals surface area contributed by atoms with Gasteiger partial charge in [0.05, 0.1) is 5.00 Å². The van der Waals surface area contributed by atoms with Crippen molar-refractivity contribution in [1.29, 1.82) is 0 Å². The molecule has 0 radical (unpaired) electrons. The van der Waals surface area contributed by atoms with Gasteiger partial charge in [-0.25, -0.2) is 4.98 Å². The van der Waals surface area contributed by atoms with Gasteiger partial charge in [0.2, 0.25) is 0 Å². The number of carbonyl (C=O) groups is 1. The average molecular weight is 322 g/mol.